The van der Waals surface area contributed by atoms with Crippen molar-refractivity contribution >= 4 is 28.9 Å². The number of benzene rings is 2. The standard InChI is InChI=1S/C16H18ClN3O/c1-20(10-12-4-2-6-14(18)8-12)11-16(21)19-15-7-3-5-13(17)9-15/h2-9H,10-11,18H2,1H3,(H,19,21). The molecule has 4 nitrogen and oxygen atoms in total. The van der Waals surface area contributed by atoms with E-state index in [1.165, 1.54) is 0 Å². The van der Waals surface area contributed by atoms with Crippen LogP contribution in [0.3, 0.4) is 0 Å². The number of nitrogens with zero attached hydrogens (tertiary/aromatic N) is 1. The lowest BCUT2D eigenvalue weighted by Crippen LogP contribution is -2.29. The van der Waals surface area contributed by atoms with Crippen molar-refractivity contribution in [1.82, 2.24) is 4.90 Å². The number of hydrogen-bond acceptors (Lipinski definition) is 3. The van der Waals surface area contributed by atoms with Crippen LogP contribution in [-0.4, -0.2) is 24.4 Å². The summed E-state index contributed by atoms with van der Waals surface area (Å²) in [6.07, 6.45) is 0. The predicted octanol–water partition coefficient (Wildman–Crippen LogP) is 2.99. The smallest absolute Gasteiger partial charge is 0.238 e. The fourth-order valence-corrected chi connectivity index (χ4v) is 2.26. The number of carbonyl (C=O) groups is 1. The largest absolute Gasteiger partial charge is 0.399 e. The molecule has 2 rings (SSSR count). The number of nitrogen functional groups attached to an aromatic ring is 1. The zero-order chi connectivity index (χ0) is 15.2. The molecule has 0 radical (unpaired) electrons. The quantitative estimate of drug-likeness (QED) is 0.835. The molecule has 0 unspecified atom stereocenters. The molecule has 110 valence electrons. The lowest BCUT2D eigenvalue weighted by molar-refractivity contribution is -0.117. The first kappa shape index (κ1) is 15.4. The Bertz CT molecular complexity index is 630. The highest BCUT2D eigenvalue weighted by molar-refractivity contribution is 6.30. The maximum Gasteiger partial charge on any atom is 0.238 e. The number of rotatable bonds is 5. The number of carbonyl (C=O) groups excluding carboxylic acids is 1. The maximum atomic E-state index is 12.0. The Hall–Kier alpha value is -2.04. The summed E-state index contributed by atoms with van der Waals surface area (Å²) in [5.74, 6) is -0.0799. The highest BCUT2D eigenvalue weighted by Gasteiger charge is 2.08. The topological polar surface area (TPSA) is 58.4 Å². The third-order valence-electron chi connectivity index (χ3n) is 2.93. The summed E-state index contributed by atoms with van der Waals surface area (Å²) in [4.78, 5) is 13.9. The Morgan fingerprint density at radius 3 is 2.71 bits per heavy atom. The molecule has 0 aromatic heterocycles. The van der Waals surface area contributed by atoms with Crippen LogP contribution in [0.2, 0.25) is 5.02 Å². The van der Waals surface area contributed by atoms with Crippen molar-refractivity contribution in [2.24, 2.45) is 0 Å². The van der Waals surface area contributed by atoms with Crippen molar-refractivity contribution in [3.05, 3.63) is 59.1 Å². The van der Waals surface area contributed by atoms with Gasteiger partial charge in [-0.2, -0.15) is 0 Å². The van der Waals surface area contributed by atoms with Crippen LogP contribution in [0.15, 0.2) is 48.5 Å². The van der Waals surface area contributed by atoms with E-state index in [9.17, 15) is 4.79 Å². The van der Waals surface area contributed by atoms with Gasteiger partial charge in [0.1, 0.15) is 0 Å². The first-order valence-electron chi connectivity index (χ1n) is 6.61. The molecule has 1 amide bonds. The van der Waals surface area contributed by atoms with Crippen molar-refractivity contribution in [2.45, 2.75) is 6.54 Å². The van der Waals surface area contributed by atoms with Crippen LogP contribution in [0.25, 0.3) is 0 Å². The Labute approximate surface area is 129 Å². The Morgan fingerprint density at radius 1 is 1.24 bits per heavy atom. The summed E-state index contributed by atoms with van der Waals surface area (Å²) in [6.45, 7) is 0.954. The molecule has 0 heterocycles. The lowest BCUT2D eigenvalue weighted by Gasteiger charge is -2.16. The third-order valence-corrected chi connectivity index (χ3v) is 3.16. The highest BCUT2D eigenvalue weighted by atomic mass is 35.5. The minimum Gasteiger partial charge on any atom is -0.399 e. The molecule has 5 heteroatoms. The van der Waals surface area contributed by atoms with Crippen LogP contribution < -0.4 is 11.1 Å². The molecule has 0 fully saturated rings. The van der Waals surface area contributed by atoms with E-state index >= 15 is 0 Å². The summed E-state index contributed by atoms with van der Waals surface area (Å²) in [6, 6.07) is 14.7. The Morgan fingerprint density at radius 2 is 2.00 bits per heavy atom. The molecule has 0 spiro atoms. The second-order valence-corrected chi connectivity index (χ2v) is 5.41. The van der Waals surface area contributed by atoms with Gasteiger partial charge >= 0.3 is 0 Å². The predicted molar refractivity (Wildman–Crippen MR) is 87.3 cm³/mol. The first-order chi connectivity index (χ1) is 10.0. The number of nitrogens with one attached hydrogen (secondary N) is 1. The maximum absolute atomic E-state index is 12.0. The summed E-state index contributed by atoms with van der Waals surface area (Å²) in [5, 5.41) is 3.42. The monoisotopic (exact) mass is 303 g/mol. The van der Waals surface area contributed by atoms with Gasteiger partial charge in [-0.25, -0.2) is 0 Å². The van der Waals surface area contributed by atoms with Crippen LogP contribution in [-0.2, 0) is 11.3 Å². The molecule has 0 aliphatic heterocycles. The van der Waals surface area contributed by atoms with Crippen LogP contribution >= 0.6 is 11.6 Å². The SMILES string of the molecule is CN(CC(=O)Nc1cccc(Cl)c1)Cc1cccc(N)c1. The van der Waals surface area contributed by atoms with Gasteiger partial charge in [-0.05, 0) is 42.9 Å². The van der Waals surface area contributed by atoms with E-state index in [4.69, 9.17) is 17.3 Å². The molecule has 0 saturated carbocycles. The number of amides is 1. The van der Waals surface area contributed by atoms with E-state index < -0.39 is 0 Å². The lowest BCUT2D eigenvalue weighted by atomic mass is 10.2. The fraction of sp³-hybridized carbons (Fsp3) is 0.188. The van der Waals surface area contributed by atoms with Crippen LogP contribution in [0.4, 0.5) is 11.4 Å². The molecule has 21 heavy (non-hydrogen) atoms. The average Bonchev–Trinajstić information content (AvgIpc) is 2.38. The summed E-state index contributed by atoms with van der Waals surface area (Å²) < 4.78 is 0. The zero-order valence-electron chi connectivity index (χ0n) is 11.8. The number of likely N-dealkylation sites (N-methyl/N-ethyl adjacent to an activating group) is 1. The minimum absolute atomic E-state index is 0.0799. The van der Waals surface area contributed by atoms with Gasteiger partial charge in [-0.3, -0.25) is 9.69 Å². The van der Waals surface area contributed by atoms with Crippen molar-refractivity contribution in [2.75, 3.05) is 24.6 Å². The highest BCUT2D eigenvalue weighted by Crippen LogP contribution is 2.15. The number of hydrogen-bond donors (Lipinski definition) is 2. The number of halogens is 1. The molecule has 0 aliphatic rings. The molecule has 0 saturated heterocycles. The molecule has 0 aliphatic carbocycles. The van der Waals surface area contributed by atoms with Crippen molar-refractivity contribution < 1.29 is 4.79 Å². The van der Waals surface area contributed by atoms with E-state index in [1.807, 2.05) is 42.3 Å². The van der Waals surface area contributed by atoms with Gasteiger partial charge in [0.15, 0.2) is 0 Å². The molecular formula is C16H18ClN3O. The molecule has 2 aromatic rings. The molecule has 0 bridgehead atoms. The van der Waals surface area contributed by atoms with E-state index in [2.05, 4.69) is 5.32 Å². The molecule has 2 aromatic carbocycles. The Kier molecular flexibility index (Phi) is 5.20. The second kappa shape index (κ2) is 7.11. The number of anilines is 2. The fourth-order valence-electron chi connectivity index (χ4n) is 2.07. The summed E-state index contributed by atoms with van der Waals surface area (Å²) >= 11 is 5.88. The van der Waals surface area contributed by atoms with Crippen LogP contribution in [0, 0.1) is 0 Å². The average molecular weight is 304 g/mol. The zero-order valence-corrected chi connectivity index (χ0v) is 12.6. The van der Waals surface area contributed by atoms with Crippen molar-refractivity contribution in [3.8, 4) is 0 Å². The second-order valence-electron chi connectivity index (χ2n) is 4.98. The summed E-state index contributed by atoms with van der Waals surface area (Å²) in [5.41, 5.74) is 8.24. The first-order valence-corrected chi connectivity index (χ1v) is 6.99. The minimum atomic E-state index is -0.0799. The molecule has 0 atom stereocenters. The normalized spacial score (nSPS) is 10.6. The summed E-state index contributed by atoms with van der Waals surface area (Å²) in [7, 11) is 1.89. The van der Waals surface area contributed by atoms with Crippen LogP contribution in [0.5, 0.6) is 0 Å². The van der Waals surface area contributed by atoms with Gasteiger partial charge in [-0.1, -0.05) is 29.8 Å². The van der Waals surface area contributed by atoms with Crippen LogP contribution in [0.1, 0.15) is 5.56 Å². The van der Waals surface area contributed by atoms with Crippen molar-refractivity contribution in [1.29, 1.82) is 0 Å². The van der Waals surface area contributed by atoms with Gasteiger partial charge in [0.05, 0.1) is 6.54 Å². The van der Waals surface area contributed by atoms with Gasteiger partial charge in [-0.15, -0.1) is 0 Å². The van der Waals surface area contributed by atoms with E-state index in [1.54, 1.807) is 18.2 Å². The number of nitrogens with two attached hydrogens (primary N) is 1. The van der Waals surface area contributed by atoms with E-state index in [0.29, 0.717) is 23.8 Å². The van der Waals surface area contributed by atoms with E-state index in [0.717, 1.165) is 11.3 Å². The van der Waals surface area contributed by atoms with Gasteiger partial charge in [0.2, 0.25) is 5.91 Å². The van der Waals surface area contributed by atoms with Gasteiger partial charge in [0, 0.05) is 22.9 Å². The Balaban J connectivity index is 1.87. The van der Waals surface area contributed by atoms with E-state index in [-0.39, 0.29) is 5.91 Å². The van der Waals surface area contributed by atoms with Crippen molar-refractivity contribution in [3.63, 3.8) is 0 Å². The molecular weight excluding hydrogens is 286 g/mol. The molecule has 3 N–H and O–H groups in total. The third kappa shape index (κ3) is 5.10. The van der Waals surface area contributed by atoms with Gasteiger partial charge < -0.3 is 11.1 Å². The van der Waals surface area contributed by atoms with Gasteiger partial charge in [0.25, 0.3) is 0 Å².